The molecule has 1 aliphatic rings. The molecule has 1 saturated heterocycles. The van der Waals surface area contributed by atoms with Crippen molar-refractivity contribution in [3.8, 4) is 0 Å². The van der Waals surface area contributed by atoms with E-state index in [1.807, 2.05) is 4.90 Å². The third-order valence-corrected chi connectivity index (χ3v) is 3.97. The molecule has 1 aromatic carbocycles. The molecule has 21 heavy (non-hydrogen) atoms. The SMILES string of the molecule is CCN1CCN(c2ccc(C(F)(F)F)cc2C(N)=S)CC1. The molecule has 1 aromatic rings. The van der Waals surface area contributed by atoms with E-state index in [1.54, 1.807) is 0 Å². The molecule has 0 bridgehead atoms. The number of anilines is 1. The minimum atomic E-state index is -4.39. The van der Waals surface area contributed by atoms with Gasteiger partial charge in [-0.25, -0.2) is 0 Å². The minimum Gasteiger partial charge on any atom is -0.389 e. The molecule has 1 aliphatic heterocycles. The van der Waals surface area contributed by atoms with Crippen molar-refractivity contribution in [2.45, 2.75) is 13.1 Å². The number of nitrogens with two attached hydrogens (primary N) is 1. The van der Waals surface area contributed by atoms with Gasteiger partial charge in [0.1, 0.15) is 4.99 Å². The molecule has 7 heteroatoms. The Hall–Kier alpha value is -1.34. The molecule has 0 aromatic heterocycles. The molecule has 0 atom stereocenters. The van der Waals surface area contributed by atoms with Crippen LogP contribution in [0.3, 0.4) is 0 Å². The molecule has 2 rings (SSSR count). The Morgan fingerprint density at radius 3 is 2.33 bits per heavy atom. The molecule has 1 heterocycles. The number of rotatable bonds is 3. The molecular weight excluding hydrogens is 299 g/mol. The summed E-state index contributed by atoms with van der Waals surface area (Å²) < 4.78 is 38.4. The Morgan fingerprint density at radius 1 is 1.24 bits per heavy atom. The molecule has 0 radical (unpaired) electrons. The number of hydrogen-bond donors (Lipinski definition) is 1. The minimum absolute atomic E-state index is 0.00554. The van der Waals surface area contributed by atoms with Crippen molar-refractivity contribution in [3.63, 3.8) is 0 Å². The number of halogens is 3. The maximum Gasteiger partial charge on any atom is 0.416 e. The predicted molar refractivity (Wildman–Crippen MR) is 81.7 cm³/mol. The van der Waals surface area contributed by atoms with E-state index < -0.39 is 11.7 Å². The molecule has 0 saturated carbocycles. The van der Waals surface area contributed by atoms with Gasteiger partial charge in [0, 0.05) is 37.4 Å². The maximum absolute atomic E-state index is 12.8. The van der Waals surface area contributed by atoms with Crippen LogP contribution in [0.5, 0.6) is 0 Å². The van der Waals surface area contributed by atoms with Crippen molar-refractivity contribution >= 4 is 22.9 Å². The smallest absolute Gasteiger partial charge is 0.389 e. The van der Waals surface area contributed by atoms with E-state index >= 15 is 0 Å². The number of alkyl halides is 3. The third kappa shape index (κ3) is 3.65. The molecule has 2 N–H and O–H groups in total. The predicted octanol–water partition coefficient (Wildman–Crippen LogP) is 2.48. The Bertz CT molecular complexity index is 523. The van der Waals surface area contributed by atoms with Crippen LogP contribution in [0.15, 0.2) is 18.2 Å². The average molecular weight is 317 g/mol. The molecule has 0 amide bonds. The Kier molecular flexibility index (Phi) is 4.73. The second-order valence-corrected chi connectivity index (χ2v) is 5.46. The van der Waals surface area contributed by atoms with Gasteiger partial charge in [0.15, 0.2) is 0 Å². The van der Waals surface area contributed by atoms with Crippen LogP contribution < -0.4 is 10.6 Å². The van der Waals surface area contributed by atoms with Crippen molar-refractivity contribution in [1.82, 2.24) is 4.90 Å². The van der Waals surface area contributed by atoms with Crippen molar-refractivity contribution < 1.29 is 13.2 Å². The summed E-state index contributed by atoms with van der Waals surface area (Å²) in [4.78, 5) is 4.33. The molecule has 116 valence electrons. The number of benzene rings is 1. The lowest BCUT2D eigenvalue weighted by Gasteiger charge is -2.36. The van der Waals surface area contributed by atoms with Gasteiger partial charge in [0.25, 0.3) is 0 Å². The highest BCUT2D eigenvalue weighted by atomic mass is 32.1. The fraction of sp³-hybridized carbons (Fsp3) is 0.500. The normalized spacial score (nSPS) is 17.0. The zero-order valence-electron chi connectivity index (χ0n) is 11.8. The number of thiocarbonyl (C=S) groups is 1. The molecule has 0 aliphatic carbocycles. The van der Waals surface area contributed by atoms with Crippen LogP contribution in [0.4, 0.5) is 18.9 Å². The van der Waals surface area contributed by atoms with Crippen LogP contribution in [-0.2, 0) is 6.18 Å². The zero-order valence-corrected chi connectivity index (χ0v) is 12.6. The molecule has 3 nitrogen and oxygen atoms in total. The summed E-state index contributed by atoms with van der Waals surface area (Å²) in [6.07, 6.45) is -4.39. The standard InChI is InChI=1S/C14H18F3N3S/c1-2-19-5-7-20(8-6-19)12-4-3-10(14(15,16)17)9-11(12)13(18)21/h3-4,9H,2,5-8H2,1H3,(H2,18,21). The van der Waals surface area contributed by atoms with E-state index in [2.05, 4.69) is 11.8 Å². The Labute approximate surface area is 127 Å². The van der Waals surface area contributed by atoms with Crippen molar-refractivity contribution in [3.05, 3.63) is 29.3 Å². The van der Waals surface area contributed by atoms with E-state index in [-0.39, 0.29) is 4.99 Å². The lowest BCUT2D eigenvalue weighted by atomic mass is 10.1. The molecule has 0 spiro atoms. The van der Waals surface area contributed by atoms with Crippen molar-refractivity contribution in [2.24, 2.45) is 5.73 Å². The highest BCUT2D eigenvalue weighted by Crippen LogP contribution is 2.33. The monoisotopic (exact) mass is 317 g/mol. The summed E-state index contributed by atoms with van der Waals surface area (Å²) in [6, 6.07) is 3.60. The van der Waals surface area contributed by atoms with Crippen LogP contribution >= 0.6 is 12.2 Å². The Balaban J connectivity index is 2.29. The topological polar surface area (TPSA) is 32.5 Å². The van der Waals surface area contributed by atoms with Gasteiger partial charge in [-0.1, -0.05) is 19.1 Å². The van der Waals surface area contributed by atoms with Crippen LogP contribution in [0.2, 0.25) is 0 Å². The van der Waals surface area contributed by atoms with E-state index in [0.29, 0.717) is 11.3 Å². The first-order valence-electron chi connectivity index (χ1n) is 6.81. The van der Waals surface area contributed by atoms with Crippen LogP contribution in [0.1, 0.15) is 18.1 Å². The highest BCUT2D eigenvalue weighted by Gasteiger charge is 2.32. The van der Waals surface area contributed by atoms with E-state index in [0.717, 1.165) is 44.9 Å². The fourth-order valence-electron chi connectivity index (χ4n) is 2.49. The summed E-state index contributed by atoms with van der Waals surface area (Å²) in [7, 11) is 0. The van der Waals surface area contributed by atoms with Crippen LogP contribution in [0, 0.1) is 0 Å². The average Bonchev–Trinajstić information content (AvgIpc) is 2.45. The fourth-order valence-corrected chi connectivity index (χ4v) is 2.65. The quantitative estimate of drug-likeness (QED) is 0.868. The third-order valence-electron chi connectivity index (χ3n) is 3.75. The zero-order chi connectivity index (χ0) is 15.6. The highest BCUT2D eigenvalue weighted by molar-refractivity contribution is 7.80. The Morgan fingerprint density at radius 2 is 1.86 bits per heavy atom. The van der Waals surface area contributed by atoms with Crippen molar-refractivity contribution in [1.29, 1.82) is 0 Å². The molecule has 1 fully saturated rings. The van der Waals surface area contributed by atoms with Crippen LogP contribution in [-0.4, -0.2) is 42.6 Å². The summed E-state index contributed by atoms with van der Waals surface area (Å²) >= 11 is 4.92. The second kappa shape index (κ2) is 6.19. The van der Waals surface area contributed by atoms with Gasteiger partial charge in [-0.15, -0.1) is 0 Å². The first-order valence-corrected chi connectivity index (χ1v) is 7.22. The largest absolute Gasteiger partial charge is 0.416 e. The number of piperazine rings is 1. The molecular formula is C14H18F3N3S. The van der Waals surface area contributed by atoms with E-state index in [1.165, 1.54) is 6.07 Å². The lowest BCUT2D eigenvalue weighted by Crippen LogP contribution is -2.46. The number of likely N-dealkylation sites (N-methyl/N-ethyl adjacent to an activating group) is 1. The first kappa shape index (κ1) is 16.0. The second-order valence-electron chi connectivity index (χ2n) is 5.02. The van der Waals surface area contributed by atoms with E-state index in [4.69, 9.17) is 18.0 Å². The van der Waals surface area contributed by atoms with Gasteiger partial charge < -0.3 is 15.5 Å². The van der Waals surface area contributed by atoms with Gasteiger partial charge in [0.2, 0.25) is 0 Å². The summed E-state index contributed by atoms with van der Waals surface area (Å²) in [5.41, 5.74) is 5.88. The van der Waals surface area contributed by atoms with Crippen molar-refractivity contribution in [2.75, 3.05) is 37.6 Å². The lowest BCUT2D eigenvalue weighted by molar-refractivity contribution is -0.137. The van der Waals surface area contributed by atoms with Gasteiger partial charge in [0.05, 0.1) is 5.56 Å². The maximum atomic E-state index is 12.8. The van der Waals surface area contributed by atoms with E-state index in [9.17, 15) is 13.2 Å². The van der Waals surface area contributed by atoms with Gasteiger partial charge in [-0.2, -0.15) is 13.2 Å². The number of nitrogens with zero attached hydrogens (tertiary/aromatic N) is 2. The van der Waals surface area contributed by atoms with Gasteiger partial charge in [-0.05, 0) is 24.7 Å². The van der Waals surface area contributed by atoms with Crippen LogP contribution in [0.25, 0.3) is 0 Å². The molecule has 0 unspecified atom stereocenters. The summed E-state index contributed by atoms with van der Waals surface area (Å²) in [5.74, 6) is 0. The van der Waals surface area contributed by atoms with Gasteiger partial charge in [-0.3, -0.25) is 0 Å². The van der Waals surface area contributed by atoms with Gasteiger partial charge >= 0.3 is 6.18 Å². The number of hydrogen-bond acceptors (Lipinski definition) is 3. The summed E-state index contributed by atoms with van der Waals surface area (Å²) in [5, 5.41) is 0. The first-order chi connectivity index (χ1) is 9.82. The summed E-state index contributed by atoms with van der Waals surface area (Å²) in [6.45, 7) is 6.35.